The molecule has 1 aliphatic carbocycles. The van der Waals surface area contributed by atoms with Crippen molar-refractivity contribution in [3.63, 3.8) is 0 Å². The normalized spacial score (nSPS) is 18.7. The van der Waals surface area contributed by atoms with Gasteiger partial charge in [-0.2, -0.15) is 4.31 Å². The van der Waals surface area contributed by atoms with Gasteiger partial charge in [-0.15, -0.1) is 0 Å². The molecule has 0 saturated heterocycles. The zero-order valence-corrected chi connectivity index (χ0v) is 12.2. The van der Waals surface area contributed by atoms with E-state index in [1.54, 1.807) is 12.1 Å². The maximum atomic E-state index is 12.7. The van der Waals surface area contributed by atoms with Crippen LogP contribution in [0.25, 0.3) is 0 Å². The highest BCUT2D eigenvalue weighted by atomic mass is 32.2. The lowest BCUT2D eigenvalue weighted by molar-refractivity contribution is 0.250. The van der Waals surface area contributed by atoms with Gasteiger partial charge < -0.3 is 10.4 Å². The van der Waals surface area contributed by atoms with Gasteiger partial charge in [-0.3, -0.25) is 0 Å². The van der Waals surface area contributed by atoms with E-state index in [9.17, 15) is 8.42 Å². The van der Waals surface area contributed by atoms with Crippen molar-refractivity contribution < 1.29 is 13.5 Å². The van der Waals surface area contributed by atoms with Crippen molar-refractivity contribution in [1.82, 2.24) is 4.31 Å². The Morgan fingerprint density at radius 2 is 2.15 bits per heavy atom. The quantitative estimate of drug-likeness (QED) is 0.856. The highest BCUT2D eigenvalue weighted by Crippen LogP contribution is 2.33. The summed E-state index contributed by atoms with van der Waals surface area (Å²) in [5, 5.41) is 12.4. The molecule has 3 rings (SSSR count). The Labute approximate surface area is 119 Å². The van der Waals surface area contributed by atoms with E-state index < -0.39 is 10.0 Å². The first-order chi connectivity index (χ1) is 9.63. The third-order valence-corrected chi connectivity index (χ3v) is 5.85. The molecule has 1 saturated carbocycles. The molecular formula is C14H20N2O3S. The Morgan fingerprint density at radius 1 is 1.35 bits per heavy atom. The van der Waals surface area contributed by atoms with Crippen LogP contribution >= 0.6 is 0 Å². The third kappa shape index (κ3) is 2.55. The van der Waals surface area contributed by atoms with Gasteiger partial charge in [-0.1, -0.05) is 6.07 Å². The molecule has 1 heterocycles. The van der Waals surface area contributed by atoms with Gasteiger partial charge in [0.2, 0.25) is 10.0 Å². The number of rotatable bonds is 5. The van der Waals surface area contributed by atoms with Crippen LogP contribution < -0.4 is 5.32 Å². The largest absolute Gasteiger partial charge is 0.395 e. The van der Waals surface area contributed by atoms with Gasteiger partial charge in [-0.25, -0.2) is 8.42 Å². The molecule has 6 heteroatoms. The van der Waals surface area contributed by atoms with Gasteiger partial charge in [0.1, 0.15) is 0 Å². The molecule has 0 spiro atoms. The zero-order chi connectivity index (χ0) is 14.2. The Kier molecular flexibility index (Phi) is 3.70. The Bertz CT molecular complexity index is 596. The number of hydrogen-bond donors (Lipinski definition) is 2. The number of aliphatic hydroxyl groups excluding tert-OH is 1. The molecule has 0 amide bonds. The van der Waals surface area contributed by atoms with Gasteiger partial charge in [0.05, 0.1) is 11.5 Å². The average Bonchev–Trinajstić information content (AvgIpc) is 3.28. The highest BCUT2D eigenvalue weighted by Gasteiger charge is 2.37. The number of sulfonamides is 1. The lowest BCUT2D eigenvalue weighted by Gasteiger charge is -2.23. The van der Waals surface area contributed by atoms with Crippen LogP contribution in [0.4, 0.5) is 5.69 Å². The number of aryl methyl sites for hydroxylation is 1. The molecule has 5 nitrogen and oxygen atoms in total. The van der Waals surface area contributed by atoms with Crippen molar-refractivity contribution in [2.45, 2.75) is 36.6 Å². The van der Waals surface area contributed by atoms with Gasteiger partial charge >= 0.3 is 0 Å². The number of anilines is 1. The predicted octanol–water partition coefficient (Wildman–Crippen LogP) is 1.19. The zero-order valence-electron chi connectivity index (χ0n) is 11.4. The van der Waals surface area contributed by atoms with E-state index in [1.165, 1.54) is 9.87 Å². The molecule has 1 aromatic rings. The number of fused-ring (bicyclic) bond motifs is 1. The van der Waals surface area contributed by atoms with Crippen molar-refractivity contribution in [2.24, 2.45) is 0 Å². The predicted molar refractivity (Wildman–Crippen MR) is 77.3 cm³/mol. The molecule has 0 atom stereocenters. The first-order valence-electron chi connectivity index (χ1n) is 7.12. The van der Waals surface area contributed by atoms with Crippen molar-refractivity contribution >= 4 is 15.7 Å². The summed E-state index contributed by atoms with van der Waals surface area (Å²) in [6, 6.07) is 5.39. The van der Waals surface area contributed by atoms with Crippen molar-refractivity contribution in [3.8, 4) is 0 Å². The number of nitrogens with one attached hydrogen (secondary N) is 1. The van der Waals surface area contributed by atoms with E-state index in [1.807, 2.05) is 6.07 Å². The second-order valence-corrected chi connectivity index (χ2v) is 7.31. The standard InChI is InChI=1S/C14H20N2O3S/c17-9-8-16(12-4-5-12)20(18,19)13-6-3-11-2-1-7-15-14(11)10-13/h3,6,10,12,15,17H,1-2,4-5,7-9H2. The smallest absolute Gasteiger partial charge is 0.243 e. The van der Waals surface area contributed by atoms with Gasteiger partial charge in [-0.05, 0) is 43.4 Å². The van der Waals surface area contributed by atoms with Crippen molar-refractivity contribution in [2.75, 3.05) is 25.0 Å². The molecule has 1 aliphatic heterocycles. The van der Waals surface area contributed by atoms with Crippen molar-refractivity contribution in [3.05, 3.63) is 23.8 Å². The van der Waals surface area contributed by atoms with E-state index in [0.29, 0.717) is 4.90 Å². The molecule has 110 valence electrons. The molecule has 2 aliphatic rings. The van der Waals surface area contributed by atoms with Crippen LogP contribution in [0.3, 0.4) is 0 Å². The monoisotopic (exact) mass is 296 g/mol. The summed E-state index contributed by atoms with van der Waals surface area (Å²) in [7, 11) is -3.50. The first-order valence-corrected chi connectivity index (χ1v) is 8.56. The molecular weight excluding hydrogens is 276 g/mol. The number of hydrogen-bond acceptors (Lipinski definition) is 4. The molecule has 2 N–H and O–H groups in total. The van der Waals surface area contributed by atoms with Crippen LogP contribution in [0, 0.1) is 0 Å². The lowest BCUT2D eigenvalue weighted by Crippen LogP contribution is -2.35. The Balaban J connectivity index is 1.93. The minimum absolute atomic E-state index is 0.0659. The second-order valence-electron chi connectivity index (χ2n) is 5.42. The van der Waals surface area contributed by atoms with E-state index in [-0.39, 0.29) is 19.2 Å². The van der Waals surface area contributed by atoms with Gasteiger partial charge in [0, 0.05) is 24.8 Å². The second kappa shape index (κ2) is 5.35. The fourth-order valence-electron chi connectivity index (χ4n) is 2.70. The molecule has 0 aromatic heterocycles. The van der Waals surface area contributed by atoms with Crippen LogP contribution in [-0.4, -0.2) is 43.6 Å². The van der Waals surface area contributed by atoms with Gasteiger partial charge in [0.15, 0.2) is 0 Å². The number of benzene rings is 1. The number of nitrogens with zero attached hydrogens (tertiary/aromatic N) is 1. The summed E-state index contributed by atoms with van der Waals surface area (Å²) in [4.78, 5) is 0.325. The summed E-state index contributed by atoms with van der Waals surface area (Å²) in [5.74, 6) is 0. The van der Waals surface area contributed by atoms with E-state index in [2.05, 4.69) is 5.32 Å². The number of aliphatic hydroxyl groups is 1. The first kappa shape index (κ1) is 13.9. The van der Waals surface area contributed by atoms with Gasteiger partial charge in [0.25, 0.3) is 0 Å². The lowest BCUT2D eigenvalue weighted by atomic mass is 10.0. The van der Waals surface area contributed by atoms with Crippen LogP contribution in [0.1, 0.15) is 24.8 Å². The fraction of sp³-hybridized carbons (Fsp3) is 0.571. The average molecular weight is 296 g/mol. The minimum Gasteiger partial charge on any atom is -0.395 e. The minimum atomic E-state index is -3.50. The van der Waals surface area contributed by atoms with Crippen LogP contribution in [0.2, 0.25) is 0 Å². The topological polar surface area (TPSA) is 69.6 Å². The highest BCUT2D eigenvalue weighted by molar-refractivity contribution is 7.89. The molecule has 1 fully saturated rings. The van der Waals surface area contributed by atoms with E-state index in [4.69, 9.17) is 5.11 Å². The summed E-state index contributed by atoms with van der Waals surface area (Å²) in [6.07, 6.45) is 3.86. The molecule has 0 bridgehead atoms. The summed E-state index contributed by atoms with van der Waals surface area (Å²) in [6.45, 7) is 0.927. The van der Waals surface area contributed by atoms with Crippen molar-refractivity contribution in [1.29, 1.82) is 0 Å². The molecule has 20 heavy (non-hydrogen) atoms. The third-order valence-electron chi connectivity index (χ3n) is 3.90. The summed E-state index contributed by atoms with van der Waals surface area (Å²) >= 11 is 0. The molecule has 0 unspecified atom stereocenters. The maximum Gasteiger partial charge on any atom is 0.243 e. The van der Waals surface area contributed by atoms with Crippen LogP contribution in [0.5, 0.6) is 0 Å². The Morgan fingerprint density at radius 3 is 2.85 bits per heavy atom. The van der Waals surface area contributed by atoms with E-state index in [0.717, 1.165) is 37.9 Å². The SMILES string of the molecule is O=S(=O)(c1ccc2c(c1)NCCC2)N(CCO)C1CC1. The Hall–Kier alpha value is -1.11. The van der Waals surface area contributed by atoms with E-state index >= 15 is 0 Å². The molecule has 0 radical (unpaired) electrons. The van der Waals surface area contributed by atoms with Crippen LogP contribution in [0.15, 0.2) is 23.1 Å². The van der Waals surface area contributed by atoms with Crippen LogP contribution in [-0.2, 0) is 16.4 Å². The summed E-state index contributed by atoms with van der Waals surface area (Å²) < 4.78 is 26.8. The molecule has 1 aromatic carbocycles. The summed E-state index contributed by atoms with van der Waals surface area (Å²) in [5.41, 5.74) is 2.10. The fourth-order valence-corrected chi connectivity index (χ4v) is 4.40. The maximum absolute atomic E-state index is 12.7.